The van der Waals surface area contributed by atoms with Crippen LogP contribution in [0.5, 0.6) is 5.75 Å². The van der Waals surface area contributed by atoms with Gasteiger partial charge in [0.1, 0.15) is 24.7 Å². The molecule has 11 nitrogen and oxygen atoms in total. The van der Waals surface area contributed by atoms with Gasteiger partial charge in [0.25, 0.3) is 5.91 Å². The molecule has 3 rings (SSSR count). The number of amides is 1. The second-order valence-electron chi connectivity index (χ2n) is 7.13. The molecule has 0 radical (unpaired) electrons. The maximum Gasteiger partial charge on any atom is 0.471 e. The third-order valence-corrected chi connectivity index (χ3v) is 7.03. The first-order chi connectivity index (χ1) is 15.1. The van der Waals surface area contributed by atoms with E-state index in [9.17, 15) is 36.1 Å². The second kappa shape index (κ2) is 8.85. The normalized spacial score (nSPS) is 21.1. The van der Waals surface area contributed by atoms with Crippen LogP contribution in [-0.4, -0.2) is 65.6 Å². The van der Waals surface area contributed by atoms with Crippen molar-refractivity contribution in [3.8, 4) is 5.75 Å². The van der Waals surface area contributed by atoms with Crippen molar-refractivity contribution in [2.45, 2.75) is 25.1 Å². The van der Waals surface area contributed by atoms with Crippen LogP contribution in [0.2, 0.25) is 0 Å². The number of carbonyl (C=O) groups excluding carboxylic acids is 1. The number of carbonyl (C=O) groups is 1. The zero-order chi connectivity index (χ0) is 24.8. The zero-order valence-electron chi connectivity index (χ0n) is 16.5. The third kappa shape index (κ3) is 5.65. The van der Waals surface area contributed by atoms with E-state index in [0.29, 0.717) is 0 Å². The van der Waals surface area contributed by atoms with Gasteiger partial charge in [-0.3, -0.25) is 9.32 Å². The van der Waals surface area contributed by atoms with E-state index in [1.165, 1.54) is 6.08 Å². The monoisotopic (exact) mass is 519 g/mol. The average Bonchev–Trinajstić information content (AvgIpc) is 3.20. The molecule has 1 fully saturated rings. The lowest BCUT2D eigenvalue weighted by Gasteiger charge is -2.21. The lowest BCUT2D eigenvalue weighted by atomic mass is 10.0. The van der Waals surface area contributed by atoms with Gasteiger partial charge in [0.05, 0.1) is 0 Å². The van der Waals surface area contributed by atoms with E-state index in [0.717, 1.165) is 12.1 Å². The summed E-state index contributed by atoms with van der Waals surface area (Å²) in [6, 6.07) is 1.34. The van der Waals surface area contributed by atoms with Gasteiger partial charge in [0.2, 0.25) is 0 Å². The largest absolute Gasteiger partial charge is 0.506 e. The maximum atomic E-state index is 15.3. The van der Waals surface area contributed by atoms with Crippen molar-refractivity contribution in [3.63, 3.8) is 0 Å². The van der Waals surface area contributed by atoms with Crippen molar-refractivity contribution in [3.05, 3.63) is 29.6 Å². The highest BCUT2D eigenvalue weighted by Gasteiger charge is 2.46. The van der Waals surface area contributed by atoms with Crippen LogP contribution < -0.4 is 9.62 Å². The first-order valence-corrected chi connectivity index (χ1v) is 12.1. The molecule has 1 saturated heterocycles. The van der Waals surface area contributed by atoms with Crippen LogP contribution in [0.3, 0.4) is 0 Å². The summed E-state index contributed by atoms with van der Waals surface area (Å²) in [6.45, 7) is -2.37. The van der Waals surface area contributed by atoms with E-state index in [4.69, 9.17) is 9.79 Å². The highest BCUT2D eigenvalue weighted by atomic mass is 32.2. The first kappa shape index (κ1) is 25.4. The van der Waals surface area contributed by atoms with E-state index in [2.05, 4.69) is 9.84 Å². The van der Waals surface area contributed by atoms with Crippen LogP contribution >= 0.6 is 7.82 Å². The number of anilines is 1. The van der Waals surface area contributed by atoms with Crippen LogP contribution in [0, 0.1) is 5.82 Å². The van der Waals surface area contributed by atoms with Gasteiger partial charge in [-0.05, 0) is 24.1 Å². The summed E-state index contributed by atoms with van der Waals surface area (Å²) in [5.41, 5.74) is -0.901. The molecule has 2 aliphatic rings. The predicted molar refractivity (Wildman–Crippen MR) is 104 cm³/mol. The number of nitrogens with one attached hydrogen (secondary N) is 1. The second-order valence-corrected chi connectivity index (χ2v) is 10.2. The summed E-state index contributed by atoms with van der Waals surface area (Å²) >= 11 is 0. The summed E-state index contributed by atoms with van der Waals surface area (Å²) in [7, 11) is -10.0. The van der Waals surface area contributed by atoms with E-state index >= 15 is 4.39 Å². The Morgan fingerprint density at radius 2 is 1.94 bits per heavy atom. The molecule has 1 amide bonds. The minimum atomic E-state index is -5.14. The molecule has 4 N–H and O–H groups in total. The fourth-order valence-electron chi connectivity index (χ4n) is 3.32. The maximum absolute atomic E-state index is 15.3. The Balaban J connectivity index is 1.91. The molecule has 2 aliphatic heterocycles. The Bertz CT molecular complexity index is 1140. The fraction of sp³-hybridized carbons (Fsp3) is 0.438. The molecule has 1 aromatic carbocycles. The van der Waals surface area contributed by atoms with Crippen molar-refractivity contribution in [1.29, 1.82) is 0 Å². The Morgan fingerprint density at radius 1 is 1.27 bits per heavy atom. The van der Waals surface area contributed by atoms with Crippen LogP contribution in [0.15, 0.2) is 18.2 Å². The number of phosphoric acid groups is 1. The van der Waals surface area contributed by atoms with Crippen molar-refractivity contribution in [1.82, 2.24) is 9.62 Å². The highest BCUT2D eigenvalue weighted by Crippen LogP contribution is 2.41. The molecule has 1 aromatic rings. The van der Waals surface area contributed by atoms with E-state index in [-0.39, 0.29) is 32.7 Å². The number of nitrogens with zero attached hydrogens (tertiary/aromatic N) is 2. The average molecular weight is 519 g/mol. The molecule has 0 bridgehead atoms. The molecule has 1 atom stereocenters. The minimum absolute atomic E-state index is 0.0302. The number of hydrogen-bond acceptors (Lipinski definition) is 7. The number of phenolic OH excluding ortho intramolecular Hbond substituents is 1. The number of alkyl halides is 3. The molecule has 0 spiro atoms. The highest BCUT2D eigenvalue weighted by molar-refractivity contribution is 7.91. The van der Waals surface area contributed by atoms with Crippen LogP contribution in [0.4, 0.5) is 23.2 Å². The van der Waals surface area contributed by atoms with Crippen LogP contribution in [-0.2, 0) is 24.1 Å². The van der Waals surface area contributed by atoms with E-state index in [1.807, 2.05) is 0 Å². The number of halogens is 4. The van der Waals surface area contributed by atoms with Gasteiger partial charge in [0.15, 0.2) is 5.82 Å². The van der Waals surface area contributed by atoms with Crippen molar-refractivity contribution in [2.75, 3.05) is 24.1 Å². The molecule has 0 unspecified atom stereocenters. The van der Waals surface area contributed by atoms with Crippen LogP contribution in [0.1, 0.15) is 18.4 Å². The summed E-state index contributed by atoms with van der Waals surface area (Å²) in [5.74, 6) is -3.32. The van der Waals surface area contributed by atoms with Gasteiger partial charge in [-0.15, -0.1) is 0 Å². The molecule has 0 saturated carbocycles. The Kier molecular flexibility index (Phi) is 6.81. The third-order valence-electron chi connectivity index (χ3n) is 4.84. The number of hydrogen-bond donors (Lipinski definition) is 4. The smallest absolute Gasteiger partial charge is 0.471 e. The number of benzene rings is 1. The number of aromatic hydroxyl groups is 1. The SMILES string of the molecule is O=C1CN(c2c(O)ccc(C3=C[C@@H](CCC(F)(F)F)NC3)c2F)S(=O)(=O)N1COP(=O)(O)O. The van der Waals surface area contributed by atoms with Gasteiger partial charge >= 0.3 is 24.2 Å². The summed E-state index contributed by atoms with van der Waals surface area (Å²) < 4.78 is 93.0. The molecule has 2 heterocycles. The first-order valence-electron chi connectivity index (χ1n) is 9.16. The molecule has 184 valence electrons. The predicted octanol–water partition coefficient (Wildman–Crippen LogP) is 1.19. The molecular weight excluding hydrogens is 501 g/mol. The summed E-state index contributed by atoms with van der Waals surface area (Å²) in [6.07, 6.45) is -4.39. The molecular formula is C16H18F4N3O8PS. The molecule has 17 heteroatoms. The fourth-order valence-corrected chi connectivity index (χ4v) is 5.08. The summed E-state index contributed by atoms with van der Waals surface area (Å²) in [4.78, 5) is 29.6. The van der Waals surface area contributed by atoms with Gasteiger partial charge in [-0.1, -0.05) is 6.08 Å². The molecule has 0 aliphatic carbocycles. The zero-order valence-corrected chi connectivity index (χ0v) is 18.2. The van der Waals surface area contributed by atoms with Crippen molar-refractivity contribution in [2.24, 2.45) is 0 Å². The van der Waals surface area contributed by atoms with Gasteiger partial charge < -0.3 is 20.2 Å². The van der Waals surface area contributed by atoms with Crippen LogP contribution in [0.25, 0.3) is 5.57 Å². The molecule has 33 heavy (non-hydrogen) atoms. The van der Waals surface area contributed by atoms with Gasteiger partial charge in [-0.2, -0.15) is 25.9 Å². The lowest BCUT2D eigenvalue weighted by Crippen LogP contribution is -2.36. The standard InChI is InChI=1S/C16H18F4N3O8PS/c17-14-11(9-5-10(21-6-9)3-4-16(18,19)20)1-2-12(24)15(14)22-7-13(25)23(33(22,29)30)8-31-32(26,27)28/h1-2,5,10,21,24H,3-4,6-8H2,(H2,26,27,28)/t10-/m1/s1. The van der Waals surface area contributed by atoms with Gasteiger partial charge in [-0.25, -0.2) is 13.3 Å². The Labute approximate surface area is 184 Å². The Hall–Kier alpha value is -2.23. The Morgan fingerprint density at radius 3 is 2.55 bits per heavy atom. The number of phenols is 1. The number of rotatable bonds is 7. The summed E-state index contributed by atoms with van der Waals surface area (Å²) in [5, 5.41) is 12.9. The van der Waals surface area contributed by atoms with E-state index in [1.54, 1.807) is 0 Å². The quantitative estimate of drug-likeness (QED) is 0.307. The van der Waals surface area contributed by atoms with Gasteiger partial charge in [0, 0.05) is 24.6 Å². The molecule has 0 aromatic heterocycles. The van der Waals surface area contributed by atoms with Crippen molar-refractivity contribution >= 4 is 35.2 Å². The van der Waals surface area contributed by atoms with E-state index < -0.39 is 73.1 Å². The van der Waals surface area contributed by atoms with Crippen molar-refractivity contribution < 1.29 is 54.8 Å². The topological polar surface area (TPSA) is 157 Å². The number of phosphoric ester groups is 1. The lowest BCUT2D eigenvalue weighted by molar-refractivity contribution is -0.136. The minimum Gasteiger partial charge on any atom is -0.506 e.